The van der Waals surface area contributed by atoms with Gasteiger partial charge in [-0.2, -0.15) is 0 Å². The van der Waals surface area contributed by atoms with Crippen LogP contribution in [0.15, 0.2) is 40.1 Å². The van der Waals surface area contributed by atoms with Crippen LogP contribution in [0.1, 0.15) is 12.8 Å². The third-order valence-corrected chi connectivity index (χ3v) is 4.14. The summed E-state index contributed by atoms with van der Waals surface area (Å²) in [6, 6.07) is 7.46. The highest BCUT2D eigenvalue weighted by molar-refractivity contribution is 9.10. The number of halogens is 1. The smallest absolute Gasteiger partial charge is 0.238 e. The number of amidine groups is 1. The van der Waals surface area contributed by atoms with E-state index in [0.717, 1.165) is 9.86 Å². The van der Waals surface area contributed by atoms with Crippen LogP contribution in [0.3, 0.4) is 0 Å². The number of oxime groups is 1. The first-order valence-electron chi connectivity index (χ1n) is 6.40. The van der Waals surface area contributed by atoms with E-state index in [1.54, 1.807) is 12.3 Å². The largest absolute Gasteiger partial charge is 0.409 e. The number of aromatic nitrogens is 1. The first kappa shape index (κ1) is 13.8. The first-order valence-corrected chi connectivity index (χ1v) is 7.20. The van der Waals surface area contributed by atoms with E-state index in [2.05, 4.69) is 31.4 Å². The van der Waals surface area contributed by atoms with Crippen molar-refractivity contribution in [1.82, 2.24) is 4.98 Å². The Hall–Kier alpha value is -2.15. The van der Waals surface area contributed by atoms with Gasteiger partial charge in [-0.25, -0.2) is 0 Å². The van der Waals surface area contributed by atoms with Gasteiger partial charge in [-0.05, 0) is 40.9 Å². The highest BCUT2D eigenvalue weighted by atomic mass is 79.9. The molecule has 0 unspecified atom stereocenters. The molecule has 0 atom stereocenters. The number of anilines is 1. The zero-order chi connectivity index (χ0) is 15.0. The molecule has 0 radical (unpaired) electrons. The Morgan fingerprint density at radius 3 is 2.90 bits per heavy atom. The highest BCUT2D eigenvalue weighted by Crippen LogP contribution is 2.47. The molecule has 108 valence electrons. The fourth-order valence-corrected chi connectivity index (χ4v) is 2.65. The number of benzene rings is 1. The maximum atomic E-state index is 12.4. The normalized spacial score (nSPS) is 16.7. The molecule has 4 N–H and O–H groups in total. The summed E-state index contributed by atoms with van der Waals surface area (Å²) in [7, 11) is 0. The van der Waals surface area contributed by atoms with Crippen LogP contribution in [0.5, 0.6) is 0 Å². The van der Waals surface area contributed by atoms with E-state index in [-0.39, 0.29) is 11.7 Å². The van der Waals surface area contributed by atoms with E-state index in [0.29, 0.717) is 24.0 Å². The number of hydrogen-bond acceptors (Lipinski definition) is 4. The Morgan fingerprint density at radius 2 is 2.24 bits per heavy atom. The number of fused-ring (bicyclic) bond motifs is 1. The van der Waals surface area contributed by atoms with E-state index >= 15 is 0 Å². The molecule has 0 spiro atoms. The summed E-state index contributed by atoms with van der Waals surface area (Å²) in [6.07, 6.45) is 2.84. The van der Waals surface area contributed by atoms with E-state index in [1.807, 2.05) is 18.2 Å². The lowest BCUT2D eigenvalue weighted by atomic mass is 10.0. The molecule has 1 aromatic carbocycles. The van der Waals surface area contributed by atoms with Crippen molar-refractivity contribution in [3.8, 4) is 0 Å². The van der Waals surface area contributed by atoms with Gasteiger partial charge in [0.1, 0.15) is 5.41 Å². The van der Waals surface area contributed by atoms with E-state index in [4.69, 9.17) is 10.9 Å². The molecular weight excluding hydrogens is 336 g/mol. The molecule has 1 amide bonds. The topological polar surface area (TPSA) is 101 Å². The second kappa shape index (κ2) is 5.00. The Balaban J connectivity index is 1.94. The van der Waals surface area contributed by atoms with Crippen molar-refractivity contribution in [2.24, 2.45) is 16.3 Å². The maximum absolute atomic E-state index is 12.4. The monoisotopic (exact) mass is 348 g/mol. The van der Waals surface area contributed by atoms with Crippen molar-refractivity contribution in [1.29, 1.82) is 0 Å². The van der Waals surface area contributed by atoms with Crippen molar-refractivity contribution in [3.63, 3.8) is 0 Å². The predicted octanol–water partition coefficient (Wildman–Crippen LogP) is 2.46. The zero-order valence-electron chi connectivity index (χ0n) is 11.0. The number of pyridine rings is 1. The van der Waals surface area contributed by atoms with Gasteiger partial charge in [-0.15, -0.1) is 0 Å². The molecule has 21 heavy (non-hydrogen) atoms. The van der Waals surface area contributed by atoms with E-state index in [9.17, 15) is 4.79 Å². The third kappa shape index (κ3) is 2.33. The number of hydrogen-bond donors (Lipinski definition) is 3. The number of nitrogens with two attached hydrogens (primary N) is 1. The molecule has 3 rings (SSSR count). The van der Waals surface area contributed by atoms with Gasteiger partial charge in [0.05, 0.1) is 11.2 Å². The number of carbonyl (C=O) groups excluding carboxylic acids is 1. The summed E-state index contributed by atoms with van der Waals surface area (Å²) in [4.78, 5) is 16.7. The molecule has 6 nitrogen and oxygen atoms in total. The number of nitrogens with zero attached hydrogens (tertiary/aromatic N) is 2. The minimum absolute atomic E-state index is 0.0454. The van der Waals surface area contributed by atoms with Crippen molar-refractivity contribution >= 4 is 44.3 Å². The summed E-state index contributed by atoms with van der Waals surface area (Å²) in [6.45, 7) is 0. The maximum Gasteiger partial charge on any atom is 0.238 e. The quantitative estimate of drug-likeness (QED) is 0.343. The lowest BCUT2D eigenvalue weighted by molar-refractivity contribution is -0.119. The molecule has 1 aromatic heterocycles. The summed E-state index contributed by atoms with van der Waals surface area (Å²) in [5, 5.41) is 15.5. The van der Waals surface area contributed by atoms with E-state index in [1.165, 1.54) is 0 Å². The summed E-state index contributed by atoms with van der Waals surface area (Å²) in [5.41, 5.74) is 6.05. The van der Waals surface area contributed by atoms with Gasteiger partial charge in [0.2, 0.25) is 5.91 Å². The molecule has 2 aromatic rings. The second-order valence-electron chi connectivity index (χ2n) is 5.05. The zero-order valence-corrected chi connectivity index (χ0v) is 12.6. The average molecular weight is 349 g/mol. The molecule has 1 aliphatic carbocycles. The van der Waals surface area contributed by atoms with Gasteiger partial charge < -0.3 is 16.3 Å². The Morgan fingerprint density at radius 1 is 1.48 bits per heavy atom. The summed E-state index contributed by atoms with van der Waals surface area (Å²) in [5.74, 6) is -0.314. The van der Waals surface area contributed by atoms with Crippen LogP contribution in [0.2, 0.25) is 0 Å². The van der Waals surface area contributed by atoms with Gasteiger partial charge in [-0.1, -0.05) is 17.3 Å². The van der Waals surface area contributed by atoms with Crippen LogP contribution in [0.25, 0.3) is 10.9 Å². The molecule has 1 heterocycles. The Labute approximate surface area is 129 Å². The SMILES string of the molecule is N/C(=N/O)C1(C(=O)Nc2cccc3cc(Br)cnc23)CC1. The standard InChI is InChI=1S/C14H13BrN4O2/c15-9-6-8-2-1-3-10(11(8)17-7-9)18-13(20)14(4-5-14)12(16)19-21/h1-3,6-7,21H,4-5H2,(H2,16,19)(H,18,20). The molecule has 1 aliphatic rings. The first-order chi connectivity index (χ1) is 10.1. The van der Waals surface area contributed by atoms with Crippen molar-refractivity contribution in [3.05, 3.63) is 34.9 Å². The van der Waals surface area contributed by atoms with Gasteiger partial charge >= 0.3 is 0 Å². The summed E-state index contributed by atoms with van der Waals surface area (Å²) < 4.78 is 0.869. The van der Waals surface area contributed by atoms with Crippen LogP contribution in [-0.2, 0) is 4.79 Å². The van der Waals surface area contributed by atoms with Crippen molar-refractivity contribution in [2.75, 3.05) is 5.32 Å². The lowest BCUT2D eigenvalue weighted by Crippen LogP contribution is -2.36. The number of carbonyl (C=O) groups is 1. The van der Waals surface area contributed by atoms with Crippen LogP contribution in [0, 0.1) is 5.41 Å². The van der Waals surface area contributed by atoms with Gasteiger partial charge in [-0.3, -0.25) is 9.78 Å². The molecule has 0 bridgehead atoms. The molecule has 1 saturated carbocycles. The molecular formula is C14H13BrN4O2. The minimum atomic E-state index is -0.883. The number of rotatable bonds is 3. The van der Waals surface area contributed by atoms with Gasteiger partial charge in [0, 0.05) is 16.1 Å². The lowest BCUT2D eigenvalue weighted by Gasteiger charge is -2.14. The Bertz CT molecular complexity index is 756. The molecule has 0 aliphatic heterocycles. The molecule has 1 fully saturated rings. The number of amides is 1. The summed E-state index contributed by atoms with van der Waals surface area (Å²) >= 11 is 3.37. The fourth-order valence-electron chi connectivity index (χ4n) is 2.30. The van der Waals surface area contributed by atoms with Crippen LogP contribution in [-0.4, -0.2) is 21.9 Å². The van der Waals surface area contributed by atoms with E-state index < -0.39 is 5.41 Å². The van der Waals surface area contributed by atoms with Gasteiger partial charge in [0.25, 0.3) is 0 Å². The Kier molecular flexibility index (Phi) is 3.29. The average Bonchev–Trinajstić information content (AvgIpc) is 3.28. The fraction of sp³-hybridized carbons (Fsp3) is 0.214. The highest BCUT2D eigenvalue weighted by Gasteiger charge is 2.54. The van der Waals surface area contributed by atoms with Gasteiger partial charge in [0.15, 0.2) is 5.84 Å². The minimum Gasteiger partial charge on any atom is -0.409 e. The van der Waals surface area contributed by atoms with Crippen molar-refractivity contribution < 1.29 is 10.0 Å². The number of nitrogens with one attached hydrogen (secondary N) is 1. The second-order valence-corrected chi connectivity index (χ2v) is 5.97. The number of para-hydroxylation sites is 1. The van der Waals surface area contributed by atoms with Crippen LogP contribution < -0.4 is 11.1 Å². The predicted molar refractivity (Wildman–Crippen MR) is 83.1 cm³/mol. The molecule has 7 heteroatoms. The third-order valence-electron chi connectivity index (χ3n) is 3.71. The van der Waals surface area contributed by atoms with Crippen LogP contribution >= 0.6 is 15.9 Å². The van der Waals surface area contributed by atoms with Crippen LogP contribution in [0.4, 0.5) is 5.69 Å². The molecule has 0 saturated heterocycles. The van der Waals surface area contributed by atoms with Crippen molar-refractivity contribution in [2.45, 2.75) is 12.8 Å².